The van der Waals surface area contributed by atoms with Crippen LogP contribution >= 0.6 is 46.9 Å². The van der Waals surface area contributed by atoms with Crippen LogP contribution in [0.5, 0.6) is 0 Å². The summed E-state index contributed by atoms with van der Waals surface area (Å²) in [6.07, 6.45) is 1.29. The fourth-order valence-electron chi connectivity index (χ4n) is 1.81. The number of guanidine groups is 1. The molecule has 1 heterocycles. The van der Waals surface area contributed by atoms with Crippen LogP contribution in [-0.4, -0.2) is 44.3 Å². The minimum atomic E-state index is -0.471. The van der Waals surface area contributed by atoms with Crippen LogP contribution in [0.4, 0.5) is 4.79 Å². The molecule has 0 spiro atoms. The van der Waals surface area contributed by atoms with Crippen molar-refractivity contribution >= 4 is 59.0 Å². The van der Waals surface area contributed by atoms with Crippen molar-refractivity contribution in [2.45, 2.75) is 39.2 Å². The molecule has 0 saturated heterocycles. The number of ether oxygens (including phenoxy) is 1. The van der Waals surface area contributed by atoms with Crippen molar-refractivity contribution in [2.75, 3.05) is 26.7 Å². The number of nitrogens with one attached hydrogen (secondary N) is 3. The molecule has 0 saturated carbocycles. The number of thiophene rings is 1. The van der Waals surface area contributed by atoms with Gasteiger partial charge in [0.25, 0.3) is 0 Å². The molecule has 9 heteroatoms. The Balaban J connectivity index is 0.00000576. The van der Waals surface area contributed by atoms with Crippen LogP contribution in [-0.2, 0) is 11.2 Å². The van der Waals surface area contributed by atoms with Gasteiger partial charge in [0.15, 0.2) is 5.96 Å². The Labute approximate surface area is 176 Å². The van der Waals surface area contributed by atoms with E-state index in [0.29, 0.717) is 13.1 Å². The molecule has 0 unspecified atom stereocenters. The number of halogens is 2. The molecular weight excluding hydrogens is 475 g/mol. The first kappa shape index (κ1) is 24.3. The number of amides is 1. The number of carbonyl (C=O) groups excluding carboxylic acids is 1. The molecule has 144 valence electrons. The van der Waals surface area contributed by atoms with E-state index in [1.54, 1.807) is 18.4 Å². The van der Waals surface area contributed by atoms with E-state index in [4.69, 9.17) is 16.3 Å². The van der Waals surface area contributed by atoms with Crippen LogP contribution in [0.2, 0.25) is 4.34 Å². The number of alkyl carbamates (subject to hydrolysis) is 1. The second-order valence-electron chi connectivity index (χ2n) is 6.16. The normalized spacial score (nSPS) is 11.5. The van der Waals surface area contributed by atoms with Gasteiger partial charge in [-0.05, 0) is 45.7 Å². The second kappa shape index (κ2) is 12.6. The van der Waals surface area contributed by atoms with Crippen LogP contribution in [0.15, 0.2) is 17.1 Å². The minimum absolute atomic E-state index is 0. The summed E-state index contributed by atoms with van der Waals surface area (Å²) in [5.41, 5.74) is -0.471. The number of carbonyl (C=O) groups is 1. The molecule has 0 radical (unpaired) electrons. The molecule has 0 aliphatic heterocycles. The van der Waals surface area contributed by atoms with Gasteiger partial charge in [-0.1, -0.05) is 11.6 Å². The Morgan fingerprint density at radius 3 is 2.40 bits per heavy atom. The van der Waals surface area contributed by atoms with E-state index in [0.717, 1.165) is 29.7 Å². The number of aliphatic imine (C=N–C) groups is 1. The summed E-state index contributed by atoms with van der Waals surface area (Å²) in [5.74, 6) is 0.745. The van der Waals surface area contributed by atoms with Gasteiger partial charge in [0.1, 0.15) is 5.60 Å². The summed E-state index contributed by atoms with van der Waals surface area (Å²) >= 11 is 7.50. The molecule has 0 aromatic carbocycles. The second-order valence-corrected chi connectivity index (χ2v) is 7.96. The van der Waals surface area contributed by atoms with Crippen LogP contribution in [0.25, 0.3) is 0 Å². The van der Waals surface area contributed by atoms with E-state index >= 15 is 0 Å². The zero-order chi connectivity index (χ0) is 18.0. The van der Waals surface area contributed by atoms with Gasteiger partial charge >= 0.3 is 6.09 Å². The van der Waals surface area contributed by atoms with Crippen molar-refractivity contribution < 1.29 is 9.53 Å². The topological polar surface area (TPSA) is 74.8 Å². The largest absolute Gasteiger partial charge is 0.444 e. The van der Waals surface area contributed by atoms with Crippen LogP contribution < -0.4 is 16.0 Å². The highest BCUT2D eigenvalue weighted by atomic mass is 127. The highest BCUT2D eigenvalue weighted by Gasteiger charge is 2.15. The van der Waals surface area contributed by atoms with Crippen molar-refractivity contribution in [3.05, 3.63) is 21.3 Å². The third-order valence-electron chi connectivity index (χ3n) is 2.83. The number of rotatable bonds is 7. The lowest BCUT2D eigenvalue weighted by Crippen LogP contribution is -2.40. The van der Waals surface area contributed by atoms with Gasteiger partial charge in [0.2, 0.25) is 0 Å². The monoisotopic (exact) mass is 502 g/mol. The van der Waals surface area contributed by atoms with E-state index in [-0.39, 0.29) is 30.1 Å². The molecule has 0 bridgehead atoms. The van der Waals surface area contributed by atoms with Gasteiger partial charge in [-0.15, -0.1) is 35.3 Å². The van der Waals surface area contributed by atoms with Crippen LogP contribution in [0.3, 0.4) is 0 Å². The summed E-state index contributed by atoms with van der Waals surface area (Å²) in [5, 5.41) is 9.18. The maximum atomic E-state index is 11.5. The Morgan fingerprint density at radius 2 is 1.84 bits per heavy atom. The average molecular weight is 503 g/mol. The number of hydrogen-bond acceptors (Lipinski definition) is 4. The van der Waals surface area contributed by atoms with E-state index in [2.05, 4.69) is 20.9 Å². The first-order chi connectivity index (χ1) is 11.3. The third-order valence-corrected chi connectivity index (χ3v) is 4.12. The number of nitrogens with zero attached hydrogens (tertiary/aromatic N) is 1. The predicted octanol–water partition coefficient (Wildman–Crippen LogP) is 3.64. The molecule has 0 aliphatic carbocycles. The van der Waals surface area contributed by atoms with E-state index < -0.39 is 5.60 Å². The highest BCUT2D eigenvalue weighted by Crippen LogP contribution is 2.21. The van der Waals surface area contributed by atoms with Gasteiger partial charge in [-0.2, -0.15) is 0 Å². The van der Waals surface area contributed by atoms with Gasteiger partial charge < -0.3 is 20.7 Å². The smallest absolute Gasteiger partial charge is 0.407 e. The average Bonchev–Trinajstić information content (AvgIpc) is 2.88. The summed E-state index contributed by atoms with van der Waals surface area (Å²) in [4.78, 5) is 16.9. The van der Waals surface area contributed by atoms with Crippen LogP contribution in [0, 0.1) is 0 Å². The Bertz CT molecular complexity index is 546. The van der Waals surface area contributed by atoms with Gasteiger partial charge in [-0.25, -0.2) is 4.79 Å². The Kier molecular flexibility index (Phi) is 12.2. The van der Waals surface area contributed by atoms with Crippen molar-refractivity contribution in [1.29, 1.82) is 0 Å². The van der Waals surface area contributed by atoms with Crippen molar-refractivity contribution in [1.82, 2.24) is 16.0 Å². The maximum Gasteiger partial charge on any atom is 0.407 e. The molecule has 0 fully saturated rings. The lowest BCUT2D eigenvalue weighted by molar-refractivity contribution is 0.0527. The third kappa shape index (κ3) is 12.3. The predicted molar refractivity (Wildman–Crippen MR) is 117 cm³/mol. The molecule has 1 aromatic rings. The first-order valence-electron chi connectivity index (χ1n) is 7.96. The molecular formula is C16H28ClIN4O2S. The fourth-order valence-corrected chi connectivity index (χ4v) is 2.90. The first-order valence-corrected chi connectivity index (χ1v) is 9.15. The van der Waals surface area contributed by atoms with Gasteiger partial charge in [0, 0.05) is 31.6 Å². The lowest BCUT2D eigenvalue weighted by Gasteiger charge is -2.19. The summed E-state index contributed by atoms with van der Waals surface area (Å²) in [6.45, 7) is 7.56. The van der Waals surface area contributed by atoms with E-state index in [9.17, 15) is 4.79 Å². The zero-order valence-corrected chi connectivity index (χ0v) is 19.1. The minimum Gasteiger partial charge on any atom is -0.444 e. The van der Waals surface area contributed by atoms with E-state index in [1.807, 2.05) is 32.9 Å². The molecule has 3 N–H and O–H groups in total. The lowest BCUT2D eigenvalue weighted by atomic mass is 10.2. The van der Waals surface area contributed by atoms with Crippen molar-refractivity contribution in [2.24, 2.45) is 4.99 Å². The van der Waals surface area contributed by atoms with Gasteiger partial charge in [0.05, 0.1) is 4.34 Å². The maximum absolute atomic E-state index is 11.5. The quantitative estimate of drug-likeness (QED) is 0.230. The summed E-state index contributed by atoms with van der Waals surface area (Å²) < 4.78 is 5.98. The summed E-state index contributed by atoms with van der Waals surface area (Å²) in [7, 11) is 1.73. The molecule has 0 aliphatic rings. The van der Waals surface area contributed by atoms with Gasteiger partial charge in [-0.3, -0.25) is 4.99 Å². The fraction of sp³-hybridized carbons (Fsp3) is 0.625. The molecule has 6 nitrogen and oxygen atoms in total. The molecule has 25 heavy (non-hydrogen) atoms. The molecule has 0 atom stereocenters. The summed E-state index contributed by atoms with van der Waals surface area (Å²) in [6, 6.07) is 3.94. The standard InChI is InChI=1S/C16H27ClN4O2S.HI/c1-16(2,3)23-15(22)21-10-5-9-19-14(18-4)20-11-8-12-6-7-13(17)24-12;/h6-7H,5,8-11H2,1-4H3,(H,21,22)(H2,18,19,20);1H. The zero-order valence-electron chi connectivity index (χ0n) is 15.1. The van der Waals surface area contributed by atoms with Crippen LogP contribution in [0.1, 0.15) is 32.1 Å². The molecule has 1 rings (SSSR count). The van der Waals surface area contributed by atoms with Crippen molar-refractivity contribution in [3.8, 4) is 0 Å². The Morgan fingerprint density at radius 1 is 1.20 bits per heavy atom. The Hall–Kier alpha value is -0.740. The van der Waals surface area contributed by atoms with E-state index in [1.165, 1.54) is 4.88 Å². The molecule has 1 aromatic heterocycles. The molecule has 1 amide bonds. The van der Waals surface area contributed by atoms with Crippen molar-refractivity contribution in [3.63, 3.8) is 0 Å². The SMILES string of the molecule is CN=C(NCCCNC(=O)OC(C)(C)C)NCCc1ccc(Cl)s1.I. The number of hydrogen-bond donors (Lipinski definition) is 3. The highest BCUT2D eigenvalue weighted by molar-refractivity contribution is 14.0.